The standard InChI is InChI=1S/C21H26ClN3O4S/c1-3-29-18-8-6-16(7-9-18)15-24(2)21(26)17-10-13-25(14-11-17)30(27,28)19-5-4-12-23-20(19)22/h4-9,12,17H,3,10-11,13-15H2,1-2H3. The number of halogens is 1. The van der Waals surface area contributed by atoms with Gasteiger partial charge in [-0.25, -0.2) is 13.4 Å². The molecule has 1 aliphatic rings. The monoisotopic (exact) mass is 451 g/mol. The smallest absolute Gasteiger partial charge is 0.246 e. The van der Waals surface area contributed by atoms with Gasteiger partial charge in [0.15, 0.2) is 0 Å². The summed E-state index contributed by atoms with van der Waals surface area (Å²) < 4.78 is 32.5. The highest BCUT2D eigenvalue weighted by atomic mass is 35.5. The molecule has 7 nitrogen and oxygen atoms in total. The molecule has 0 spiro atoms. The van der Waals surface area contributed by atoms with Crippen LogP contribution < -0.4 is 4.74 Å². The van der Waals surface area contributed by atoms with Crippen molar-refractivity contribution in [2.45, 2.75) is 31.2 Å². The van der Waals surface area contributed by atoms with Gasteiger partial charge in [0.2, 0.25) is 15.9 Å². The average Bonchev–Trinajstić information content (AvgIpc) is 2.75. The number of benzene rings is 1. The van der Waals surface area contributed by atoms with E-state index in [0.29, 0.717) is 26.0 Å². The fraction of sp³-hybridized carbons (Fsp3) is 0.429. The van der Waals surface area contributed by atoms with Crippen LogP contribution in [-0.4, -0.2) is 55.3 Å². The largest absolute Gasteiger partial charge is 0.494 e. The third-order valence-corrected chi connectivity index (χ3v) is 7.52. The summed E-state index contributed by atoms with van der Waals surface area (Å²) in [6, 6.07) is 10.7. The summed E-state index contributed by atoms with van der Waals surface area (Å²) in [4.78, 5) is 18.4. The maximum absolute atomic E-state index is 12.9. The molecular weight excluding hydrogens is 426 g/mol. The Kier molecular flexibility index (Phi) is 7.33. The van der Waals surface area contributed by atoms with E-state index in [4.69, 9.17) is 16.3 Å². The van der Waals surface area contributed by atoms with Crippen LogP contribution in [0.5, 0.6) is 5.75 Å². The molecular formula is C21H26ClN3O4S. The van der Waals surface area contributed by atoms with E-state index in [-0.39, 0.29) is 35.0 Å². The van der Waals surface area contributed by atoms with Crippen LogP contribution in [0.1, 0.15) is 25.3 Å². The minimum atomic E-state index is -3.72. The minimum Gasteiger partial charge on any atom is -0.494 e. The Morgan fingerprint density at radius 1 is 1.23 bits per heavy atom. The van der Waals surface area contributed by atoms with Crippen molar-refractivity contribution in [3.63, 3.8) is 0 Å². The Morgan fingerprint density at radius 3 is 2.50 bits per heavy atom. The van der Waals surface area contributed by atoms with Crippen LogP contribution in [0.3, 0.4) is 0 Å². The highest BCUT2D eigenvalue weighted by Crippen LogP contribution is 2.28. The first kappa shape index (κ1) is 22.5. The maximum Gasteiger partial charge on any atom is 0.246 e. The van der Waals surface area contributed by atoms with Crippen LogP contribution in [0.2, 0.25) is 5.15 Å². The van der Waals surface area contributed by atoms with E-state index < -0.39 is 10.0 Å². The van der Waals surface area contributed by atoms with Gasteiger partial charge >= 0.3 is 0 Å². The first-order chi connectivity index (χ1) is 14.3. The number of pyridine rings is 1. The third-order valence-electron chi connectivity index (χ3n) is 5.18. The molecule has 9 heteroatoms. The normalized spacial score (nSPS) is 15.7. The van der Waals surface area contributed by atoms with Crippen LogP contribution in [0.4, 0.5) is 0 Å². The number of hydrogen-bond donors (Lipinski definition) is 0. The second-order valence-corrected chi connectivity index (χ2v) is 9.51. The minimum absolute atomic E-state index is 0.00376. The summed E-state index contributed by atoms with van der Waals surface area (Å²) in [5.41, 5.74) is 1.01. The molecule has 162 valence electrons. The lowest BCUT2D eigenvalue weighted by Gasteiger charge is -2.32. The van der Waals surface area contributed by atoms with E-state index in [0.717, 1.165) is 11.3 Å². The molecule has 3 rings (SSSR count). The van der Waals surface area contributed by atoms with Gasteiger partial charge in [0.05, 0.1) is 6.61 Å². The molecule has 2 aromatic rings. The molecule has 1 fully saturated rings. The van der Waals surface area contributed by atoms with Crippen molar-refractivity contribution in [1.82, 2.24) is 14.2 Å². The van der Waals surface area contributed by atoms with Gasteiger partial charge in [-0.1, -0.05) is 23.7 Å². The molecule has 0 saturated carbocycles. The zero-order valence-electron chi connectivity index (χ0n) is 17.1. The Morgan fingerprint density at radius 2 is 1.90 bits per heavy atom. The van der Waals surface area contributed by atoms with E-state index in [9.17, 15) is 13.2 Å². The van der Waals surface area contributed by atoms with Crippen LogP contribution in [0.15, 0.2) is 47.5 Å². The van der Waals surface area contributed by atoms with Gasteiger partial charge in [-0.3, -0.25) is 4.79 Å². The predicted molar refractivity (Wildman–Crippen MR) is 115 cm³/mol. The summed E-state index contributed by atoms with van der Waals surface area (Å²) in [6.45, 7) is 3.60. The van der Waals surface area contributed by atoms with Gasteiger partial charge in [0.25, 0.3) is 0 Å². The van der Waals surface area contributed by atoms with Crippen molar-refractivity contribution in [2.75, 3.05) is 26.7 Å². The van der Waals surface area contributed by atoms with E-state index in [1.54, 1.807) is 18.0 Å². The number of piperidine rings is 1. The van der Waals surface area contributed by atoms with E-state index >= 15 is 0 Å². The van der Waals surface area contributed by atoms with Gasteiger partial charge in [0.1, 0.15) is 15.8 Å². The Balaban J connectivity index is 1.57. The summed E-state index contributed by atoms with van der Waals surface area (Å²) in [6.07, 6.45) is 2.40. The lowest BCUT2D eigenvalue weighted by molar-refractivity contribution is -0.135. The number of sulfonamides is 1. The first-order valence-electron chi connectivity index (χ1n) is 9.90. The molecule has 1 aromatic carbocycles. The lowest BCUT2D eigenvalue weighted by atomic mass is 9.96. The molecule has 0 bridgehead atoms. The van der Waals surface area contributed by atoms with Crippen LogP contribution in [0, 0.1) is 5.92 Å². The number of rotatable bonds is 7. The van der Waals surface area contributed by atoms with Gasteiger partial charge in [0, 0.05) is 38.8 Å². The molecule has 0 unspecified atom stereocenters. The number of nitrogens with zero attached hydrogens (tertiary/aromatic N) is 3. The van der Waals surface area contributed by atoms with Crippen molar-refractivity contribution < 1.29 is 17.9 Å². The summed E-state index contributed by atoms with van der Waals surface area (Å²) >= 11 is 5.97. The molecule has 0 radical (unpaired) electrons. The zero-order valence-corrected chi connectivity index (χ0v) is 18.7. The highest BCUT2D eigenvalue weighted by Gasteiger charge is 2.34. The van der Waals surface area contributed by atoms with Crippen molar-refractivity contribution in [3.05, 3.63) is 53.3 Å². The summed E-state index contributed by atoms with van der Waals surface area (Å²) in [5.74, 6) is 0.631. The third kappa shape index (κ3) is 5.11. The number of ether oxygens (including phenoxy) is 1. The molecule has 1 aromatic heterocycles. The average molecular weight is 452 g/mol. The van der Waals surface area contributed by atoms with Crippen molar-refractivity contribution in [1.29, 1.82) is 0 Å². The quantitative estimate of drug-likeness (QED) is 0.604. The second-order valence-electron chi connectivity index (χ2n) is 7.24. The molecule has 0 atom stereocenters. The molecule has 0 N–H and O–H groups in total. The van der Waals surface area contributed by atoms with Crippen LogP contribution in [0.25, 0.3) is 0 Å². The molecule has 2 heterocycles. The van der Waals surface area contributed by atoms with Crippen LogP contribution in [-0.2, 0) is 21.4 Å². The van der Waals surface area contributed by atoms with E-state index in [1.165, 1.54) is 16.6 Å². The topological polar surface area (TPSA) is 79.8 Å². The molecule has 1 aliphatic heterocycles. The van der Waals surface area contributed by atoms with Gasteiger partial charge in [-0.05, 0) is 49.6 Å². The van der Waals surface area contributed by atoms with Crippen LogP contribution >= 0.6 is 11.6 Å². The van der Waals surface area contributed by atoms with Crippen molar-refractivity contribution in [2.24, 2.45) is 5.92 Å². The number of hydrogen-bond acceptors (Lipinski definition) is 5. The molecule has 30 heavy (non-hydrogen) atoms. The van der Waals surface area contributed by atoms with Crippen molar-refractivity contribution in [3.8, 4) is 5.75 Å². The zero-order chi connectivity index (χ0) is 21.7. The summed E-state index contributed by atoms with van der Waals surface area (Å²) in [5, 5.41) is -0.0363. The van der Waals surface area contributed by atoms with Gasteiger partial charge in [-0.2, -0.15) is 4.31 Å². The molecule has 1 saturated heterocycles. The van der Waals surface area contributed by atoms with Crippen molar-refractivity contribution >= 4 is 27.5 Å². The molecule has 0 aliphatic carbocycles. The van der Waals surface area contributed by atoms with E-state index in [2.05, 4.69) is 4.98 Å². The van der Waals surface area contributed by atoms with E-state index in [1.807, 2.05) is 31.2 Å². The fourth-order valence-corrected chi connectivity index (χ4v) is 5.46. The number of aromatic nitrogens is 1. The number of amides is 1. The SMILES string of the molecule is CCOc1ccc(CN(C)C(=O)C2CCN(S(=O)(=O)c3cccnc3Cl)CC2)cc1. The molecule has 1 amide bonds. The predicted octanol–water partition coefficient (Wildman–Crippen LogP) is 3.19. The Labute approximate surface area is 182 Å². The van der Waals surface area contributed by atoms with Gasteiger partial charge < -0.3 is 9.64 Å². The van der Waals surface area contributed by atoms with Gasteiger partial charge in [-0.15, -0.1) is 0 Å². The number of carbonyl (C=O) groups is 1. The fourth-order valence-electron chi connectivity index (χ4n) is 3.57. The lowest BCUT2D eigenvalue weighted by Crippen LogP contribution is -2.43. The first-order valence-corrected chi connectivity index (χ1v) is 11.7. The maximum atomic E-state index is 12.9. The summed E-state index contributed by atoms with van der Waals surface area (Å²) in [7, 11) is -1.94. The second kappa shape index (κ2) is 9.76. The number of carbonyl (C=O) groups excluding carboxylic acids is 1. The Hall–Kier alpha value is -2.16. The Bertz CT molecular complexity index is 974. The highest BCUT2D eigenvalue weighted by molar-refractivity contribution is 7.89.